The van der Waals surface area contributed by atoms with Crippen LogP contribution >= 0.6 is 11.8 Å². The molecule has 0 aliphatic heterocycles. The summed E-state index contributed by atoms with van der Waals surface area (Å²) in [6.07, 6.45) is 2.44. The van der Waals surface area contributed by atoms with Crippen molar-refractivity contribution in [3.05, 3.63) is 22.9 Å². The number of esters is 1. The standard InChI is InChI=1S/C15H20N2O3S/c1-9-6-10(2)17-14(12(9)13(16)19)21-8-15(4-5-15)7-11(18)20-3/h6H,4-5,7-8H2,1-3H3,(H2,16,19). The van der Waals surface area contributed by atoms with Crippen molar-refractivity contribution in [2.24, 2.45) is 11.1 Å². The van der Waals surface area contributed by atoms with E-state index in [1.54, 1.807) is 0 Å². The molecule has 0 atom stereocenters. The monoisotopic (exact) mass is 308 g/mol. The van der Waals surface area contributed by atoms with Crippen LogP contribution in [0.3, 0.4) is 0 Å². The Morgan fingerprint density at radius 3 is 2.62 bits per heavy atom. The average molecular weight is 308 g/mol. The predicted octanol–water partition coefficient (Wildman–Crippen LogP) is 2.23. The van der Waals surface area contributed by atoms with Crippen LogP contribution < -0.4 is 5.73 Å². The zero-order valence-corrected chi connectivity index (χ0v) is 13.4. The minimum atomic E-state index is -0.458. The van der Waals surface area contributed by atoms with E-state index in [2.05, 4.69) is 4.98 Å². The maximum absolute atomic E-state index is 11.6. The summed E-state index contributed by atoms with van der Waals surface area (Å²) in [5.74, 6) is 0.107. The van der Waals surface area contributed by atoms with Crippen LogP contribution in [0, 0.1) is 19.3 Å². The van der Waals surface area contributed by atoms with Gasteiger partial charge in [0.2, 0.25) is 0 Å². The summed E-state index contributed by atoms with van der Waals surface area (Å²) in [6.45, 7) is 3.75. The normalized spacial score (nSPS) is 15.6. The second kappa shape index (κ2) is 6.05. The third-order valence-corrected chi connectivity index (χ3v) is 5.10. The summed E-state index contributed by atoms with van der Waals surface area (Å²) in [5, 5.41) is 0.663. The molecule has 6 heteroatoms. The molecule has 0 radical (unpaired) electrons. The number of hydrogen-bond acceptors (Lipinski definition) is 5. The van der Waals surface area contributed by atoms with Crippen molar-refractivity contribution in [2.75, 3.05) is 12.9 Å². The molecule has 0 unspecified atom stereocenters. The minimum Gasteiger partial charge on any atom is -0.469 e. The van der Waals surface area contributed by atoms with Crippen LogP contribution in [0.4, 0.5) is 0 Å². The molecule has 1 saturated carbocycles. The second-order valence-electron chi connectivity index (χ2n) is 5.67. The van der Waals surface area contributed by atoms with E-state index in [4.69, 9.17) is 10.5 Å². The molecule has 1 heterocycles. The number of aryl methyl sites for hydroxylation is 2. The van der Waals surface area contributed by atoms with Crippen molar-refractivity contribution in [2.45, 2.75) is 38.1 Å². The fourth-order valence-electron chi connectivity index (χ4n) is 2.36. The molecule has 5 nitrogen and oxygen atoms in total. The van der Waals surface area contributed by atoms with Crippen molar-refractivity contribution < 1.29 is 14.3 Å². The smallest absolute Gasteiger partial charge is 0.306 e. The molecule has 2 rings (SSSR count). The number of nitrogens with zero attached hydrogens (tertiary/aromatic N) is 1. The highest BCUT2D eigenvalue weighted by atomic mass is 32.2. The van der Waals surface area contributed by atoms with Crippen LogP contribution in [0.1, 0.15) is 40.9 Å². The number of ether oxygens (including phenoxy) is 1. The molecule has 21 heavy (non-hydrogen) atoms. The summed E-state index contributed by atoms with van der Waals surface area (Å²) in [6, 6.07) is 1.85. The first-order valence-electron chi connectivity index (χ1n) is 6.84. The number of carbonyl (C=O) groups excluding carboxylic acids is 2. The van der Waals surface area contributed by atoms with Crippen molar-refractivity contribution >= 4 is 23.6 Å². The van der Waals surface area contributed by atoms with Gasteiger partial charge in [-0.3, -0.25) is 9.59 Å². The van der Waals surface area contributed by atoms with E-state index in [1.807, 2.05) is 19.9 Å². The van der Waals surface area contributed by atoms with E-state index in [0.29, 0.717) is 17.0 Å². The maximum Gasteiger partial charge on any atom is 0.306 e. The molecule has 0 bridgehead atoms. The highest BCUT2D eigenvalue weighted by molar-refractivity contribution is 7.99. The summed E-state index contributed by atoms with van der Waals surface area (Å²) in [7, 11) is 1.40. The number of amides is 1. The largest absolute Gasteiger partial charge is 0.469 e. The summed E-state index contributed by atoms with van der Waals surface area (Å²) in [5.41, 5.74) is 7.64. The van der Waals surface area contributed by atoms with Crippen LogP contribution in [0.5, 0.6) is 0 Å². The molecule has 1 aromatic heterocycles. The zero-order valence-electron chi connectivity index (χ0n) is 12.6. The lowest BCUT2D eigenvalue weighted by Crippen LogP contribution is -2.17. The Hall–Kier alpha value is -1.56. The molecule has 1 fully saturated rings. The molecular formula is C15H20N2O3S. The molecular weight excluding hydrogens is 288 g/mol. The lowest BCUT2D eigenvalue weighted by atomic mass is 10.1. The SMILES string of the molecule is COC(=O)CC1(CSc2nc(C)cc(C)c2C(N)=O)CC1. The van der Waals surface area contributed by atoms with Gasteiger partial charge in [0.15, 0.2) is 0 Å². The van der Waals surface area contributed by atoms with Gasteiger partial charge in [0.05, 0.1) is 19.1 Å². The van der Waals surface area contributed by atoms with E-state index in [0.717, 1.165) is 29.9 Å². The number of primary amides is 1. The highest BCUT2D eigenvalue weighted by Crippen LogP contribution is 2.52. The maximum atomic E-state index is 11.6. The van der Waals surface area contributed by atoms with E-state index in [1.165, 1.54) is 18.9 Å². The zero-order chi connectivity index (χ0) is 15.6. The fourth-order valence-corrected chi connectivity index (χ4v) is 3.80. The molecule has 0 saturated heterocycles. The number of hydrogen-bond donors (Lipinski definition) is 1. The Bertz CT molecular complexity index is 583. The van der Waals surface area contributed by atoms with Gasteiger partial charge in [0.1, 0.15) is 5.03 Å². The molecule has 1 amide bonds. The van der Waals surface area contributed by atoms with Crippen LogP contribution in [-0.4, -0.2) is 29.7 Å². The Balaban J connectivity index is 2.13. The molecule has 1 aliphatic carbocycles. The number of pyridine rings is 1. The van der Waals surface area contributed by atoms with Gasteiger partial charge in [-0.2, -0.15) is 0 Å². The summed E-state index contributed by atoms with van der Waals surface area (Å²) >= 11 is 1.51. The van der Waals surface area contributed by atoms with Crippen molar-refractivity contribution in [1.82, 2.24) is 4.98 Å². The van der Waals surface area contributed by atoms with E-state index in [9.17, 15) is 9.59 Å². The molecule has 1 aromatic rings. The highest BCUT2D eigenvalue weighted by Gasteiger charge is 2.44. The van der Waals surface area contributed by atoms with Gasteiger partial charge < -0.3 is 10.5 Å². The quantitative estimate of drug-likeness (QED) is 0.643. The van der Waals surface area contributed by atoms with E-state index in [-0.39, 0.29) is 11.4 Å². The Morgan fingerprint density at radius 1 is 1.43 bits per heavy atom. The number of methoxy groups -OCH3 is 1. The van der Waals surface area contributed by atoms with Crippen molar-refractivity contribution in [1.29, 1.82) is 0 Å². The Labute approximate surface area is 128 Å². The minimum absolute atomic E-state index is 0.00793. The Kier molecular flexibility index (Phi) is 4.56. The molecule has 2 N–H and O–H groups in total. The van der Waals surface area contributed by atoms with Crippen LogP contribution in [-0.2, 0) is 9.53 Å². The van der Waals surface area contributed by atoms with Gasteiger partial charge in [-0.25, -0.2) is 4.98 Å². The first-order chi connectivity index (χ1) is 9.87. The van der Waals surface area contributed by atoms with Crippen molar-refractivity contribution in [3.63, 3.8) is 0 Å². The summed E-state index contributed by atoms with van der Waals surface area (Å²) < 4.78 is 4.74. The topological polar surface area (TPSA) is 82.3 Å². The first-order valence-corrected chi connectivity index (χ1v) is 7.83. The summed E-state index contributed by atoms with van der Waals surface area (Å²) in [4.78, 5) is 27.5. The van der Waals surface area contributed by atoms with Gasteiger partial charge in [-0.05, 0) is 43.7 Å². The van der Waals surface area contributed by atoms with Crippen LogP contribution in [0.2, 0.25) is 0 Å². The Morgan fingerprint density at radius 2 is 2.10 bits per heavy atom. The third kappa shape index (κ3) is 3.75. The molecule has 0 aromatic carbocycles. The van der Waals surface area contributed by atoms with Gasteiger partial charge in [-0.1, -0.05) is 0 Å². The van der Waals surface area contributed by atoms with Crippen LogP contribution in [0.25, 0.3) is 0 Å². The number of nitrogens with two attached hydrogens (primary N) is 1. The van der Waals surface area contributed by atoms with E-state index >= 15 is 0 Å². The van der Waals surface area contributed by atoms with Crippen molar-refractivity contribution in [3.8, 4) is 0 Å². The van der Waals surface area contributed by atoms with Gasteiger partial charge in [-0.15, -0.1) is 11.8 Å². The molecule has 0 spiro atoms. The second-order valence-corrected chi connectivity index (χ2v) is 6.63. The van der Waals surface area contributed by atoms with E-state index < -0.39 is 5.91 Å². The lowest BCUT2D eigenvalue weighted by Gasteiger charge is -2.15. The van der Waals surface area contributed by atoms with Gasteiger partial charge in [0, 0.05) is 11.4 Å². The first kappa shape index (κ1) is 15.8. The molecule has 1 aliphatic rings. The molecule has 114 valence electrons. The number of rotatable bonds is 6. The third-order valence-electron chi connectivity index (χ3n) is 3.78. The van der Waals surface area contributed by atoms with Gasteiger partial charge >= 0.3 is 5.97 Å². The number of thioether (sulfide) groups is 1. The van der Waals surface area contributed by atoms with Gasteiger partial charge in [0.25, 0.3) is 5.91 Å². The number of carbonyl (C=O) groups is 2. The lowest BCUT2D eigenvalue weighted by molar-refractivity contribution is -0.141. The average Bonchev–Trinajstić information content (AvgIpc) is 3.15. The predicted molar refractivity (Wildman–Crippen MR) is 81.3 cm³/mol. The fraction of sp³-hybridized carbons (Fsp3) is 0.533. The van der Waals surface area contributed by atoms with Crippen LogP contribution in [0.15, 0.2) is 11.1 Å². The number of aromatic nitrogens is 1.